The Labute approximate surface area is 120 Å². The summed E-state index contributed by atoms with van der Waals surface area (Å²) >= 11 is 0. The van der Waals surface area contributed by atoms with E-state index >= 15 is 0 Å². The van der Waals surface area contributed by atoms with Gasteiger partial charge in [0, 0.05) is 0 Å². The minimum atomic E-state index is -0.156. The first-order valence-electron chi connectivity index (χ1n) is 5.91. The molecule has 0 fully saturated rings. The number of anilines is 1. The minimum absolute atomic E-state index is 0.122. The third-order valence-electron chi connectivity index (χ3n) is 2.37. The summed E-state index contributed by atoms with van der Waals surface area (Å²) in [5.74, 6) is 0.102. The molecule has 2 rings (SSSR count). The van der Waals surface area contributed by atoms with E-state index < -0.39 is 0 Å². The van der Waals surface area contributed by atoms with Crippen LogP contribution in [0.2, 0.25) is 0 Å². The first-order chi connectivity index (χ1) is 10.2. The summed E-state index contributed by atoms with van der Waals surface area (Å²) in [5.41, 5.74) is 3.71. The molecule has 0 amide bonds. The lowest BCUT2D eigenvalue weighted by Gasteiger charge is -1.99. The third kappa shape index (κ3) is 4.33. The number of hydrazone groups is 1. The van der Waals surface area contributed by atoms with Crippen molar-refractivity contribution in [3.63, 3.8) is 0 Å². The zero-order valence-corrected chi connectivity index (χ0v) is 10.8. The molecule has 7 heteroatoms. The van der Waals surface area contributed by atoms with Crippen LogP contribution in [-0.4, -0.2) is 16.0 Å². The summed E-state index contributed by atoms with van der Waals surface area (Å²) in [6.45, 7) is 0. The second kappa shape index (κ2) is 6.68. The van der Waals surface area contributed by atoms with Crippen molar-refractivity contribution in [2.45, 2.75) is 0 Å². The van der Waals surface area contributed by atoms with Gasteiger partial charge in [-0.05, 0) is 48.5 Å². The van der Waals surface area contributed by atoms with Crippen molar-refractivity contribution >= 4 is 17.2 Å². The Morgan fingerprint density at radius 1 is 0.952 bits per heavy atom. The van der Waals surface area contributed by atoms with E-state index in [1.165, 1.54) is 24.3 Å². The molecule has 3 N–H and O–H groups in total. The number of amidine groups is 1. The molecule has 0 atom stereocenters. The molecule has 2 aromatic rings. The van der Waals surface area contributed by atoms with E-state index in [0.29, 0.717) is 11.4 Å². The maximum atomic E-state index is 9.14. The number of benzene rings is 2. The molecule has 0 radical (unpaired) electrons. The summed E-state index contributed by atoms with van der Waals surface area (Å²) in [6.07, 6.45) is 0. The molecule has 0 heterocycles. The lowest BCUT2D eigenvalue weighted by Crippen LogP contribution is -1.95. The normalized spacial score (nSPS) is 11.3. The van der Waals surface area contributed by atoms with Gasteiger partial charge >= 0.3 is 0 Å². The van der Waals surface area contributed by atoms with Crippen LogP contribution in [0.5, 0.6) is 11.5 Å². The van der Waals surface area contributed by atoms with Gasteiger partial charge in [-0.2, -0.15) is 5.26 Å². The summed E-state index contributed by atoms with van der Waals surface area (Å²) in [7, 11) is 0. The van der Waals surface area contributed by atoms with Crippen LogP contribution >= 0.6 is 0 Å². The Morgan fingerprint density at radius 2 is 1.52 bits per heavy atom. The zero-order valence-electron chi connectivity index (χ0n) is 10.8. The van der Waals surface area contributed by atoms with Gasteiger partial charge in [-0.3, -0.25) is 5.43 Å². The number of aromatic hydroxyl groups is 2. The number of rotatable bonds is 3. The molecular weight excluding hydrogens is 270 g/mol. The predicted molar refractivity (Wildman–Crippen MR) is 77.4 cm³/mol. The van der Waals surface area contributed by atoms with E-state index in [9.17, 15) is 0 Å². The molecule has 7 nitrogen and oxygen atoms in total. The van der Waals surface area contributed by atoms with Crippen molar-refractivity contribution in [1.29, 1.82) is 5.26 Å². The first kappa shape index (κ1) is 14.0. The van der Waals surface area contributed by atoms with Gasteiger partial charge in [-0.15, -0.1) is 15.3 Å². The van der Waals surface area contributed by atoms with Gasteiger partial charge in [-0.1, -0.05) is 0 Å². The summed E-state index contributed by atoms with van der Waals surface area (Å²) in [6, 6.07) is 14.0. The highest BCUT2D eigenvalue weighted by Crippen LogP contribution is 2.17. The summed E-state index contributed by atoms with van der Waals surface area (Å²) < 4.78 is 0. The van der Waals surface area contributed by atoms with E-state index in [4.69, 9.17) is 15.5 Å². The van der Waals surface area contributed by atoms with Gasteiger partial charge in [0.15, 0.2) is 0 Å². The highest BCUT2D eigenvalue weighted by atomic mass is 16.3. The predicted octanol–water partition coefficient (Wildman–Crippen LogP) is 3.13. The maximum Gasteiger partial charge on any atom is 0.270 e. The number of hydrogen-bond acceptors (Lipinski definition) is 6. The number of nitrogens with zero attached hydrogens (tertiary/aromatic N) is 4. The summed E-state index contributed by atoms with van der Waals surface area (Å²) in [5, 5.41) is 38.5. The van der Waals surface area contributed by atoms with Gasteiger partial charge in [0.1, 0.15) is 17.6 Å². The van der Waals surface area contributed by atoms with Crippen LogP contribution in [0.1, 0.15) is 0 Å². The SMILES string of the molecule is N#CC(N=Nc1ccc(O)cc1)=NNc1ccc(O)cc1. The Bertz CT molecular complexity index is 700. The van der Waals surface area contributed by atoms with Crippen LogP contribution in [0.25, 0.3) is 0 Å². The Balaban J connectivity index is 2.05. The standard InChI is InChI=1S/C14H11N5O2/c15-9-14(18-16-10-1-5-12(20)6-2-10)19-17-11-3-7-13(21)8-4-11/h1-8,16,20-21H. The number of nitrogens with one attached hydrogen (secondary N) is 1. The second-order valence-corrected chi connectivity index (χ2v) is 3.92. The van der Waals surface area contributed by atoms with Crippen molar-refractivity contribution < 1.29 is 10.2 Å². The number of phenolic OH excluding ortho intramolecular Hbond substituents is 2. The van der Waals surface area contributed by atoms with E-state index in [1.54, 1.807) is 30.3 Å². The van der Waals surface area contributed by atoms with Crippen LogP contribution in [0.4, 0.5) is 11.4 Å². The van der Waals surface area contributed by atoms with E-state index in [0.717, 1.165) is 0 Å². The molecule has 0 spiro atoms. The topological polar surface area (TPSA) is 113 Å². The fourth-order valence-corrected chi connectivity index (χ4v) is 1.35. The molecule has 0 unspecified atom stereocenters. The van der Waals surface area contributed by atoms with Crippen LogP contribution in [0, 0.1) is 11.3 Å². The van der Waals surface area contributed by atoms with Crippen molar-refractivity contribution in [2.24, 2.45) is 15.3 Å². The molecule has 0 saturated carbocycles. The second-order valence-electron chi connectivity index (χ2n) is 3.92. The van der Waals surface area contributed by atoms with Gasteiger partial charge in [0.25, 0.3) is 5.84 Å². The lowest BCUT2D eigenvalue weighted by atomic mass is 10.3. The average molecular weight is 281 g/mol. The highest BCUT2D eigenvalue weighted by molar-refractivity contribution is 5.97. The molecule has 0 bridgehead atoms. The van der Waals surface area contributed by atoms with Gasteiger partial charge < -0.3 is 10.2 Å². The van der Waals surface area contributed by atoms with E-state index in [2.05, 4.69) is 20.8 Å². The molecule has 2 aromatic carbocycles. The number of phenols is 2. The van der Waals surface area contributed by atoms with Crippen LogP contribution in [0.3, 0.4) is 0 Å². The highest BCUT2D eigenvalue weighted by Gasteiger charge is 1.96. The maximum absolute atomic E-state index is 9.14. The van der Waals surface area contributed by atoms with Gasteiger partial charge in [-0.25, -0.2) is 0 Å². The minimum Gasteiger partial charge on any atom is -0.508 e. The van der Waals surface area contributed by atoms with Crippen LogP contribution in [0.15, 0.2) is 63.9 Å². The zero-order chi connectivity index (χ0) is 15.1. The Morgan fingerprint density at radius 3 is 2.10 bits per heavy atom. The molecule has 21 heavy (non-hydrogen) atoms. The Hall–Kier alpha value is -3.40. The quantitative estimate of drug-likeness (QED) is 0.263. The molecular formula is C14H11N5O2. The molecule has 0 saturated heterocycles. The van der Waals surface area contributed by atoms with Crippen molar-refractivity contribution in [3.05, 3.63) is 48.5 Å². The fourth-order valence-electron chi connectivity index (χ4n) is 1.35. The average Bonchev–Trinajstić information content (AvgIpc) is 2.51. The fraction of sp³-hybridized carbons (Fsp3) is 0. The molecule has 0 aromatic heterocycles. The molecule has 0 aliphatic heterocycles. The largest absolute Gasteiger partial charge is 0.508 e. The van der Waals surface area contributed by atoms with Gasteiger partial charge in [0.2, 0.25) is 0 Å². The molecule has 104 valence electrons. The summed E-state index contributed by atoms with van der Waals surface area (Å²) in [4.78, 5) is 0. The first-order valence-corrected chi connectivity index (χ1v) is 5.91. The van der Waals surface area contributed by atoms with E-state index in [1.807, 2.05) is 0 Å². The van der Waals surface area contributed by atoms with Crippen molar-refractivity contribution in [2.75, 3.05) is 5.43 Å². The van der Waals surface area contributed by atoms with Crippen molar-refractivity contribution in [1.82, 2.24) is 0 Å². The molecule has 0 aliphatic carbocycles. The smallest absolute Gasteiger partial charge is 0.270 e. The van der Waals surface area contributed by atoms with E-state index in [-0.39, 0.29) is 17.3 Å². The monoisotopic (exact) mass is 281 g/mol. The third-order valence-corrected chi connectivity index (χ3v) is 2.37. The molecule has 0 aliphatic rings. The Kier molecular flexibility index (Phi) is 4.46. The van der Waals surface area contributed by atoms with Crippen LogP contribution in [-0.2, 0) is 0 Å². The number of nitriles is 1. The van der Waals surface area contributed by atoms with Crippen molar-refractivity contribution in [3.8, 4) is 17.6 Å². The van der Waals surface area contributed by atoms with Gasteiger partial charge in [0.05, 0.1) is 11.4 Å². The number of hydrogen-bond donors (Lipinski definition) is 3. The lowest BCUT2D eigenvalue weighted by molar-refractivity contribution is 0.475. The van der Waals surface area contributed by atoms with Crippen LogP contribution < -0.4 is 5.43 Å². The number of azo groups is 1.